The molecule has 2 aromatic carbocycles. The second-order valence-corrected chi connectivity index (χ2v) is 5.28. The molecule has 21 heavy (non-hydrogen) atoms. The minimum atomic E-state index is -0.487. The van der Waals surface area contributed by atoms with Crippen molar-refractivity contribution in [3.05, 3.63) is 63.1 Å². The number of nitrogens with zero attached hydrogens (tertiary/aromatic N) is 1. The van der Waals surface area contributed by atoms with Crippen LogP contribution in [0.4, 0.5) is 10.5 Å². The number of carbonyl (C=O) groups is 1. The van der Waals surface area contributed by atoms with Crippen LogP contribution in [-0.2, 0) is 0 Å². The van der Waals surface area contributed by atoms with E-state index < -0.39 is 6.03 Å². The van der Waals surface area contributed by atoms with Crippen LogP contribution in [-0.4, -0.2) is 12.2 Å². The molecule has 2 N–H and O–H groups in total. The molecule has 0 fully saturated rings. The molecule has 4 nitrogen and oxygen atoms in total. The molecule has 108 valence electrons. The molecule has 0 saturated carbocycles. The number of amides is 2. The monoisotopic (exact) mass is 341 g/mol. The van der Waals surface area contributed by atoms with Gasteiger partial charge in [0, 0.05) is 21.3 Å². The van der Waals surface area contributed by atoms with Gasteiger partial charge in [-0.1, -0.05) is 46.9 Å². The zero-order chi connectivity index (χ0) is 15.2. The van der Waals surface area contributed by atoms with Gasteiger partial charge in [0.1, 0.15) is 0 Å². The molecule has 0 aliphatic rings. The highest BCUT2D eigenvalue weighted by atomic mass is 35.5. The summed E-state index contributed by atoms with van der Waals surface area (Å²) in [6, 6.07) is 11.3. The molecular weight excluding hydrogens is 333 g/mol. The summed E-state index contributed by atoms with van der Waals surface area (Å²) in [7, 11) is 0. The van der Waals surface area contributed by atoms with Crippen molar-refractivity contribution >= 4 is 52.7 Å². The van der Waals surface area contributed by atoms with Gasteiger partial charge in [-0.15, -0.1) is 0 Å². The molecule has 0 saturated heterocycles. The Morgan fingerprint density at radius 1 is 1.05 bits per heavy atom. The number of hydrazone groups is 1. The summed E-state index contributed by atoms with van der Waals surface area (Å²) < 4.78 is 0. The molecule has 7 heteroatoms. The van der Waals surface area contributed by atoms with Crippen molar-refractivity contribution in [1.29, 1.82) is 0 Å². The number of hydrogen-bond acceptors (Lipinski definition) is 2. The summed E-state index contributed by atoms with van der Waals surface area (Å²) >= 11 is 17.6. The lowest BCUT2D eigenvalue weighted by Gasteiger charge is -2.04. The number of halogens is 3. The van der Waals surface area contributed by atoms with E-state index in [1.165, 1.54) is 6.21 Å². The Hall–Kier alpha value is -1.75. The van der Waals surface area contributed by atoms with Crippen LogP contribution in [0.1, 0.15) is 5.56 Å². The maximum atomic E-state index is 11.6. The second kappa shape index (κ2) is 7.31. The SMILES string of the molecule is O=C(N/N=C\c1ccc(Cl)cc1Cl)Nc1cccc(Cl)c1. The van der Waals surface area contributed by atoms with Crippen LogP contribution >= 0.6 is 34.8 Å². The number of carbonyl (C=O) groups excluding carboxylic acids is 1. The third-order valence-electron chi connectivity index (χ3n) is 2.41. The van der Waals surface area contributed by atoms with Crippen LogP contribution in [0.25, 0.3) is 0 Å². The van der Waals surface area contributed by atoms with Crippen LogP contribution in [0.3, 0.4) is 0 Å². The zero-order valence-corrected chi connectivity index (χ0v) is 12.9. The standard InChI is InChI=1S/C14H10Cl3N3O/c15-10-2-1-3-12(6-10)19-14(21)20-18-8-9-4-5-11(16)7-13(9)17/h1-8H,(H2,19,20,21)/b18-8-. The number of anilines is 1. The summed E-state index contributed by atoms with van der Waals surface area (Å²) in [4.78, 5) is 11.6. The third-order valence-corrected chi connectivity index (χ3v) is 3.21. The van der Waals surface area contributed by atoms with E-state index in [1.807, 2.05) is 0 Å². The minimum absolute atomic E-state index is 0.447. The summed E-state index contributed by atoms with van der Waals surface area (Å²) in [5.41, 5.74) is 3.54. The van der Waals surface area contributed by atoms with Crippen LogP contribution in [0.2, 0.25) is 15.1 Å². The highest BCUT2D eigenvalue weighted by Crippen LogP contribution is 2.19. The molecule has 0 unspecified atom stereocenters. The molecule has 0 radical (unpaired) electrons. The lowest BCUT2D eigenvalue weighted by atomic mass is 10.2. The quantitative estimate of drug-likeness (QED) is 0.611. The maximum absolute atomic E-state index is 11.6. The van der Waals surface area contributed by atoms with Gasteiger partial charge in [0.05, 0.1) is 11.2 Å². The van der Waals surface area contributed by atoms with Crippen molar-refractivity contribution in [1.82, 2.24) is 5.43 Å². The number of hydrogen-bond donors (Lipinski definition) is 2. The highest BCUT2D eigenvalue weighted by molar-refractivity contribution is 6.36. The van der Waals surface area contributed by atoms with E-state index >= 15 is 0 Å². The molecule has 0 heterocycles. The van der Waals surface area contributed by atoms with Gasteiger partial charge in [0.25, 0.3) is 0 Å². The lowest BCUT2D eigenvalue weighted by molar-refractivity contribution is 0.252. The van der Waals surface area contributed by atoms with Crippen LogP contribution in [0, 0.1) is 0 Å². The maximum Gasteiger partial charge on any atom is 0.339 e. The smallest absolute Gasteiger partial charge is 0.306 e. The lowest BCUT2D eigenvalue weighted by Crippen LogP contribution is -2.24. The van der Waals surface area contributed by atoms with Gasteiger partial charge >= 0.3 is 6.03 Å². The highest BCUT2D eigenvalue weighted by Gasteiger charge is 2.01. The fourth-order valence-electron chi connectivity index (χ4n) is 1.49. The van der Waals surface area contributed by atoms with Crippen LogP contribution < -0.4 is 10.7 Å². The third kappa shape index (κ3) is 4.93. The average molecular weight is 343 g/mol. The second-order valence-electron chi connectivity index (χ2n) is 4.00. The minimum Gasteiger partial charge on any atom is -0.306 e. The molecule has 0 aliphatic carbocycles. The Morgan fingerprint density at radius 2 is 1.81 bits per heavy atom. The molecule has 0 aliphatic heterocycles. The Bertz CT molecular complexity index is 689. The number of urea groups is 1. The molecule has 0 aromatic heterocycles. The zero-order valence-electron chi connectivity index (χ0n) is 10.6. The topological polar surface area (TPSA) is 53.5 Å². The summed E-state index contributed by atoms with van der Waals surface area (Å²) in [5.74, 6) is 0. The Labute approximate surface area is 136 Å². The molecule has 0 spiro atoms. The van der Waals surface area contributed by atoms with Gasteiger partial charge in [-0.3, -0.25) is 0 Å². The number of nitrogens with one attached hydrogen (secondary N) is 2. The summed E-state index contributed by atoms with van der Waals surface area (Å²) in [6.07, 6.45) is 1.43. The fourth-order valence-corrected chi connectivity index (χ4v) is 2.14. The number of benzene rings is 2. The van der Waals surface area contributed by atoms with E-state index in [-0.39, 0.29) is 0 Å². The number of rotatable bonds is 3. The van der Waals surface area contributed by atoms with E-state index in [4.69, 9.17) is 34.8 Å². The van der Waals surface area contributed by atoms with Crippen molar-refractivity contribution < 1.29 is 4.79 Å². The predicted molar refractivity (Wildman–Crippen MR) is 87.7 cm³/mol. The van der Waals surface area contributed by atoms with Gasteiger partial charge in [-0.05, 0) is 30.3 Å². The van der Waals surface area contributed by atoms with Crippen molar-refractivity contribution in [2.24, 2.45) is 5.10 Å². The van der Waals surface area contributed by atoms with Crippen molar-refractivity contribution in [3.63, 3.8) is 0 Å². The van der Waals surface area contributed by atoms with Crippen molar-refractivity contribution in [3.8, 4) is 0 Å². The first kappa shape index (κ1) is 15.6. The molecule has 0 atom stereocenters. The van der Waals surface area contributed by atoms with Crippen LogP contribution in [0.15, 0.2) is 47.6 Å². The molecular formula is C14H10Cl3N3O. The average Bonchev–Trinajstić information content (AvgIpc) is 2.41. The van der Waals surface area contributed by atoms with Crippen molar-refractivity contribution in [2.75, 3.05) is 5.32 Å². The van der Waals surface area contributed by atoms with Crippen LogP contribution in [0.5, 0.6) is 0 Å². The molecule has 2 amide bonds. The Morgan fingerprint density at radius 3 is 2.52 bits per heavy atom. The Kier molecular flexibility index (Phi) is 5.44. The van der Waals surface area contributed by atoms with E-state index in [1.54, 1.807) is 42.5 Å². The first-order chi connectivity index (χ1) is 10.0. The van der Waals surface area contributed by atoms with Gasteiger partial charge < -0.3 is 5.32 Å². The van der Waals surface area contributed by atoms with Gasteiger partial charge in [-0.25, -0.2) is 10.2 Å². The van der Waals surface area contributed by atoms with E-state index in [0.29, 0.717) is 26.3 Å². The van der Waals surface area contributed by atoms with E-state index in [9.17, 15) is 4.79 Å². The predicted octanol–water partition coefficient (Wildman–Crippen LogP) is 4.80. The Balaban J connectivity index is 1.93. The first-order valence-corrected chi connectivity index (χ1v) is 6.98. The van der Waals surface area contributed by atoms with Gasteiger partial charge in [-0.2, -0.15) is 5.10 Å². The molecule has 2 rings (SSSR count). The normalized spacial score (nSPS) is 10.6. The van der Waals surface area contributed by atoms with Gasteiger partial charge in [0.15, 0.2) is 0 Å². The summed E-state index contributed by atoms with van der Waals surface area (Å²) in [5, 5.41) is 7.90. The van der Waals surface area contributed by atoms with E-state index in [0.717, 1.165) is 0 Å². The van der Waals surface area contributed by atoms with Gasteiger partial charge in [0.2, 0.25) is 0 Å². The summed E-state index contributed by atoms with van der Waals surface area (Å²) in [6.45, 7) is 0. The first-order valence-electron chi connectivity index (χ1n) is 5.85. The van der Waals surface area contributed by atoms with E-state index in [2.05, 4.69) is 15.8 Å². The fraction of sp³-hybridized carbons (Fsp3) is 0. The van der Waals surface area contributed by atoms with Crippen molar-refractivity contribution in [2.45, 2.75) is 0 Å². The largest absolute Gasteiger partial charge is 0.339 e. The molecule has 0 bridgehead atoms. The molecule has 2 aromatic rings.